The molecule has 0 saturated carbocycles. The van der Waals surface area contributed by atoms with Crippen LogP contribution >= 0.6 is 23.1 Å². The van der Waals surface area contributed by atoms with Crippen molar-refractivity contribution in [1.82, 2.24) is 10.3 Å². The number of rotatable bonds is 6. The van der Waals surface area contributed by atoms with Gasteiger partial charge in [0.05, 0.1) is 10.9 Å². The van der Waals surface area contributed by atoms with Gasteiger partial charge in [0.1, 0.15) is 5.01 Å². The van der Waals surface area contributed by atoms with Crippen molar-refractivity contribution in [3.8, 4) is 0 Å². The zero-order chi connectivity index (χ0) is 14.5. The van der Waals surface area contributed by atoms with Gasteiger partial charge in [0.15, 0.2) is 0 Å². The normalized spacial score (nSPS) is 19.8. The highest BCUT2D eigenvalue weighted by atomic mass is 32.2. The summed E-state index contributed by atoms with van der Waals surface area (Å²) in [5, 5.41) is 7.82. The van der Waals surface area contributed by atoms with E-state index in [1.807, 2.05) is 11.3 Å². The zero-order valence-corrected chi connectivity index (χ0v) is 14.1. The molecule has 0 amide bonds. The number of nitrogens with one attached hydrogen (secondary N) is 1. The van der Waals surface area contributed by atoms with Gasteiger partial charge in [-0.2, -0.15) is 11.8 Å². The van der Waals surface area contributed by atoms with Crippen molar-refractivity contribution < 1.29 is 0 Å². The van der Waals surface area contributed by atoms with Crippen LogP contribution in [-0.2, 0) is 6.42 Å². The summed E-state index contributed by atoms with van der Waals surface area (Å²) in [5.74, 6) is 1.30. The van der Waals surface area contributed by atoms with E-state index in [4.69, 9.17) is 4.98 Å². The van der Waals surface area contributed by atoms with Crippen LogP contribution in [0.3, 0.4) is 0 Å². The summed E-state index contributed by atoms with van der Waals surface area (Å²) < 4.78 is 0. The maximum Gasteiger partial charge on any atom is 0.106 e. The Kier molecular flexibility index (Phi) is 5.33. The summed E-state index contributed by atoms with van der Waals surface area (Å²) in [5.41, 5.74) is 2.58. The van der Waals surface area contributed by atoms with E-state index in [0.29, 0.717) is 11.3 Å². The second-order valence-corrected chi connectivity index (χ2v) is 7.60. The number of benzene rings is 1. The van der Waals surface area contributed by atoms with Gasteiger partial charge in [-0.15, -0.1) is 11.3 Å². The van der Waals surface area contributed by atoms with Crippen molar-refractivity contribution in [2.75, 3.05) is 12.3 Å². The predicted octanol–water partition coefficient (Wildman–Crippen LogP) is 4.60. The number of nitrogens with zero attached hydrogens (tertiary/aromatic N) is 1. The summed E-state index contributed by atoms with van der Waals surface area (Å²) in [4.78, 5) is 4.90. The summed E-state index contributed by atoms with van der Waals surface area (Å²) >= 11 is 3.91. The van der Waals surface area contributed by atoms with E-state index in [-0.39, 0.29) is 0 Å². The molecule has 4 heteroatoms. The van der Waals surface area contributed by atoms with Gasteiger partial charge in [-0.1, -0.05) is 37.3 Å². The summed E-state index contributed by atoms with van der Waals surface area (Å²) in [6.45, 7) is 3.15. The molecule has 1 aromatic carbocycles. The van der Waals surface area contributed by atoms with Gasteiger partial charge in [-0.05, 0) is 30.7 Å². The third kappa shape index (κ3) is 3.87. The molecule has 1 aliphatic heterocycles. The quantitative estimate of drug-likeness (QED) is 0.842. The Labute approximate surface area is 135 Å². The highest BCUT2D eigenvalue weighted by Gasteiger charge is 2.21. The third-order valence-electron chi connectivity index (χ3n) is 3.84. The van der Waals surface area contributed by atoms with Crippen LogP contribution in [0.4, 0.5) is 0 Å². The van der Waals surface area contributed by atoms with Crippen LogP contribution in [0.1, 0.15) is 47.3 Å². The number of thioether (sulfide) groups is 1. The van der Waals surface area contributed by atoms with Crippen molar-refractivity contribution in [3.05, 3.63) is 52.0 Å². The lowest BCUT2D eigenvalue weighted by Gasteiger charge is -2.17. The molecule has 0 radical (unpaired) electrons. The Hall–Kier alpha value is -0.840. The Balaban J connectivity index is 1.71. The molecule has 0 spiro atoms. The molecule has 112 valence electrons. The molecule has 2 heterocycles. The van der Waals surface area contributed by atoms with Crippen LogP contribution in [0.15, 0.2) is 35.7 Å². The van der Waals surface area contributed by atoms with Crippen molar-refractivity contribution in [2.45, 2.75) is 37.5 Å². The molecule has 21 heavy (non-hydrogen) atoms. The van der Waals surface area contributed by atoms with Gasteiger partial charge < -0.3 is 5.32 Å². The topological polar surface area (TPSA) is 24.9 Å². The van der Waals surface area contributed by atoms with E-state index < -0.39 is 0 Å². The Morgan fingerprint density at radius 3 is 2.90 bits per heavy atom. The van der Waals surface area contributed by atoms with Crippen LogP contribution in [0, 0.1) is 0 Å². The molecule has 1 aromatic heterocycles. The summed E-state index contributed by atoms with van der Waals surface area (Å²) in [6, 6.07) is 11.1. The maximum atomic E-state index is 4.90. The highest BCUT2D eigenvalue weighted by Crippen LogP contribution is 2.41. The van der Waals surface area contributed by atoms with Crippen LogP contribution in [0.5, 0.6) is 0 Å². The first-order valence-electron chi connectivity index (χ1n) is 7.71. The van der Waals surface area contributed by atoms with Crippen molar-refractivity contribution in [1.29, 1.82) is 0 Å². The van der Waals surface area contributed by atoms with Gasteiger partial charge in [0.25, 0.3) is 0 Å². The average molecular weight is 319 g/mol. The van der Waals surface area contributed by atoms with Gasteiger partial charge >= 0.3 is 0 Å². The molecule has 0 aliphatic carbocycles. The molecule has 1 N–H and O–H groups in total. The zero-order valence-electron chi connectivity index (χ0n) is 12.4. The first-order chi connectivity index (χ1) is 10.4. The van der Waals surface area contributed by atoms with Gasteiger partial charge in [-0.3, -0.25) is 0 Å². The molecule has 1 saturated heterocycles. The second kappa shape index (κ2) is 7.43. The fraction of sp³-hybridized carbons (Fsp3) is 0.471. The molecule has 1 fully saturated rings. The first-order valence-corrected chi connectivity index (χ1v) is 9.64. The lowest BCUT2D eigenvalue weighted by atomic mass is 10.0. The number of hydrogen-bond donors (Lipinski definition) is 1. The molecule has 2 unspecified atom stereocenters. The number of likely N-dealkylation sites (N-methyl/N-ethyl adjacent to an activating group) is 1. The summed E-state index contributed by atoms with van der Waals surface area (Å²) in [6.07, 6.45) is 3.62. The Bertz CT molecular complexity index is 547. The van der Waals surface area contributed by atoms with Crippen molar-refractivity contribution in [2.24, 2.45) is 0 Å². The first kappa shape index (κ1) is 15.1. The highest BCUT2D eigenvalue weighted by molar-refractivity contribution is 7.99. The van der Waals surface area contributed by atoms with E-state index in [1.54, 1.807) is 0 Å². The molecule has 0 bridgehead atoms. The van der Waals surface area contributed by atoms with Crippen LogP contribution in [0.2, 0.25) is 0 Å². The number of hydrogen-bond acceptors (Lipinski definition) is 4. The standard InChI is InChI=1S/C17H22N2S2/c1-2-18-15(13-7-4-3-5-8-13)11-14-12-21-17(19-14)16-9-6-10-20-16/h3-5,7-8,12,15-16,18H,2,6,9-11H2,1H3. The monoisotopic (exact) mass is 318 g/mol. The van der Waals surface area contributed by atoms with Gasteiger partial charge in [0, 0.05) is 17.8 Å². The van der Waals surface area contributed by atoms with E-state index in [0.717, 1.165) is 13.0 Å². The SMILES string of the molecule is CCNC(Cc1csc(C2CCCS2)n1)c1ccccc1. The Morgan fingerprint density at radius 1 is 1.33 bits per heavy atom. The minimum absolute atomic E-state index is 0.363. The van der Waals surface area contributed by atoms with Crippen molar-refractivity contribution in [3.63, 3.8) is 0 Å². The number of thiazole rings is 1. The van der Waals surface area contributed by atoms with Crippen molar-refractivity contribution >= 4 is 23.1 Å². The fourth-order valence-corrected chi connectivity index (χ4v) is 5.15. The smallest absolute Gasteiger partial charge is 0.106 e. The minimum atomic E-state index is 0.363. The van der Waals surface area contributed by atoms with Crippen LogP contribution in [0.25, 0.3) is 0 Å². The molecule has 2 aromatic rings. The molecular formula is C17H22N2S2. The van der Waals surface area contributed by atoms with E-state index in [1.165, 1.54) is 34.9 Å². The third-order valence-corrected chi connectivity index (χ3v) is 6.38. The maximum absolute atomic E-state index is 4.90. The number of aromatic nitrogens is 1. The van der Waals surface area contributed by atoms with E-state index >= 15 is 0 Å². The molecule has 2 atom stereocenters. The lowest BCUT2D eigenvalue weighted by Crippen LogP contribution is -2.23. The summed E-state index contributed by atoms with van der Waals surface area (Å²) in [7, 11) is 0. The molecular weight excluding hydrogens is 296 g/mol. The van der Waals surface area contributed by atoms with Gasteiger partial charge in [0.2, 0.25) is 0 Å². The largest absolute Gasteiger partial charge is 0.310 e. The minimum Gasteiger partial charge on any atom is -0.310 e. The lowest BCUT2D eigenvalue weighted by molar-refractivity contribution is 0.544. The fourth-order valence-electron chi connectivity index (χ4n) is 2.79. The van der Waals surface area contributed by atoms with Gasteiger partial charge in [-0.25, -0.2) is 4.98 Å². The molecule has 3 rings (SSSR count). The predicted molar refractivity (Wildman–Crippen MR) is 93.1 cm³/mol. The van der Waals surface area contributed by atoms with Crippen LogP contribution < -0.4 is 5.32 Å². The molecule has 2 nitrogen and oxygen atoms in total. The van der Waals surface area contributed by atoms with Crippen LogP contribution in [-0.4, -0.2) is 17.3 Å². The Morgan fingerprint density at radius 2 is 2.19 bits per heavy atom. The molecule has 1 aliphatic rings. The second-order valence-electron chi connectivity index (χ2n) is 5.40. The van der Waals surface area contributed by atoms with E-state index in [9.17, 15) is 0 Å². The van der Waals surface area contributed by atoms with E-state index in [2.05, 4.69) is 59.7 Å². The average Bonchev–Trinajstić information content (AvgIpc) is 3.19.